The molecule has 1 aromatic carbocycles. The second-order valence-corrected chi connectivity index (χ2v) is 6.02. The highest BCUT2D eigenvalue weighted by atomic mass is 19.1. The first-order valence-corrected chi connectivity index (χ1v) is 8.37. The molecule has 0 radical (unpaired) electrons. The molecule has 9 heteroatoms. The van der Waals surface area contributed by atoms with E-state index in [4.69, 9.17) is 4.74 Å². The van der Waals surface area contributed by atoms with Crippen molar-refractivity contribution in [1.29, 1.82) is 0 Å². The van der Waals surface area contributed by atoms with Crippen molar-refractivity contribution in [2.75, 3.05) is 12.4 Å². The number of ether oxygens (including phenoxy) is 1. The molecule has 0 bridgehead atoms. The minimum atomic E-state index is -0.309. The van der Waals surface area contributed by atoms with Gasteiger partial charge in [-0.3, -0.25) is 0 Å². The van der Waals surface area contributed by atoms with E-state index < -0.39 is 0 Å². The maximum Gasteiger partial charge on any atom is 0.254 e. The quantitative estimate of drug-likeness (QED) is 0.564. The predicted octanol–water partition coefficient (Wildman–Crippen LogP) is 2.52. The van der Waals surface area contributed by atoms with Gasteiger partial charge in [-0.15, -0.1) is 0 Å². The van der Waals surface area contributed by atoms with Gasteiger partial charge in [-0.25, -0.2) is 14.4 Å². The molecule has 0 aliphatic carbocycles. The number of hydrogen-bond donors (Lipinski definition) is 1. The molecule has 3 heterocycles. The smallest absolute Gasteiger partial charge is 0.254 e. The van der Waals surface area contributed by atoms with E-state index in [9.17, 15) is 4.39 Å². The summed E-state index contributed by atoms with van der Waals surface area (Å²) < 4.78 is 23.0. The van der Waals surface area contributed by atoms with Crippen molar-refractivity contribution in [2.24, 2.45) is 0 Å². The maximum atomic E-state index is 14.6. The fourth-order valence-electron chi connectivity index (χ4n) is 2.89. The van der Waals surface area contributed by atoms with Crippen LogP contribution in [-0.4, -0.2) is 36.2 Å². The molecule has 27 heavy (non-hydrogen) atoms. The molecule has 8 nitrogen and oxygen atoms in total. The van der Waals surface area contributed by atoms with E-state index in [1.54, 1.807) is 34.7 Å². The van der Waals surface area contributed by atoms with Crippen LogP contribution in [0.4, 0.5) is 10.2 Å². The normalized spacial score (nSPS) is 11.2. The zero-order chi connectivity index (χ0) is 18.8. The Morgan fingerprint density at radius 1 is 1.22 bits per heavy atom. The third kappa shape index (κ3) is 3.36. The summed E-state index contributed by atoms with van der Waals surface area (Å²) in [6.45, 7) is 2.62. The molecule has 0 fully saturated rings. The van der Waals surface area contributed by atoms with Crippen molar-refractivity contribution in [3.63, 3.8) is 0 Å². The molecule has 4 rings (SSSR count). The van der Waals surface area contributed by atoms with Gasteiger partial charge in [0.25, 0.3) is 5.78 Å². The van der Waals surface area contributed by atoms with E-state index >= 15 is 0 Å². The Hall–Kier alpha value is -3.33. The van der Waals surface area contributed by atoms with E-state index in [-0.39, 0.29) is 5.82 Å². The average molecular weight is 367 g/mol. The van der Waals surface area contributed by atoms with Gasteiger partial charge < -0.3 is 14.6 Å². The van der Waals surface area contributed by atoms with Crippen LogP contribution in [0.15, 0.2) is 43.0 Å². The number of methoxy groups -OCH3 is 1. The number of fused-ring (bicyclic) bond motifs is 1. The largest absolute Gasteiger partial charge is 0.378 e. The predicted molar refractivity (Wildman–Crippen MR) is 97.1 cm³/mol. The zero-order valence-corrected chi connectivity index (χ0v) is 14.9. The minimum absolute atomic E-state index is 0.309. The van der Waals surface area contributed by atoms with Crippen LogP contribution in [0, 0.1) is 12.7 Å². The monoisotopic (exact) mass is 367 g/mol. The SMILES string of the molecule is COCc1cc(NCc2ccc(-n3ccnc3C)c(F)c2)n2ncnc2n1. The van der Waals surface area contributed by atoms with Gasteiger partial charge in [-0.1, -0.05) is 6.07 Å². The van der Waals surface area contributed by atoms with E-state index in [0.29, 0.717) is 30.4 Å². The molecule has 4 aromatic rings. The lowest BCUT2D eigenvalue weighted by atomic mass is 10.2. The van der Waals surface area contributed by atoms with E-state index in [0.717, 1.165) is 17.1 Å². The van der Waals surface area contributed by atoms with Gasteiger partial charge in [-0.05, 0) is 24.6 Å². The first kappa shape index (κ1) is 17.1. The minimum Gasteiger partial charge on any atom is -0.378 e. The van der Waals surface area contributed by atoms with Crippen LogP contribution in [0.5, 0.6) is 0 Å². The lowest BCUT2D eigenvalue weighted by Gasteiger charge is -2.11. The molecule has 0 amide bonds. The molecule has 0 saturated heterocycles. The Kier molecular flexibility index (Phi) is 4.51. The van der Waals surface area contributed by atoms with E-state index in [1.165, 1.54) is 12.4 Å². The molecular weight excluding hydrogens is 349 g/mol. The van der Waals surface area contributed by atoms with Crippen LogP contribution < -0.4 is 5.32 Å². The molecule has 3 aromatic heterocycles. The number of rotatable bonds is 6. The molecule has 0 atom stereocenters. The number of hydrogen-bond acceptors (Lipinski definition) is 6. The van der Waals surface area contributed by atoms with Gasteiger partial charge in [-0.2, -0.15) is 14.6 Å². The summed E-state index contributed by atoms with van der Waals surface area (Å²) in [7, 11) is 1.61. The number of aryl methyl sites for hydroxylation is 1. The molecule has 0 aliphatic rings. The highest BCUT2D eigenvalue weighted by Gasteiger charge is 2.10. The van der Waals surface area contributed by atoms with Gasteiger partial charge in [0.05, 0.1) is 18.0 Å². The fourth-order valence-corrected chi connectivity index (χ4v) is 2.89. The summed E-state index contributed by atoms with van der Waals surface area (Å²) in [6, 6.07) is 6.97. The van der Waals surface area contributed by atoms with Crippen LogP contribution in [0.3, 0.4) is 0 Å². The summed E-state index contributed by atoms with van der Waals surface area (Å²) >= 11 is 0. The molecule has 1 N–H and O–H groups in total. The van der Waals surface area contributed by atoms with Crippen molar-refractivity contribution in [3.8, 4) is 5.69 Å². The summed E-state index contributed by atoms with van der Waals surface area (Å²) in [5, 5.41) is 7.42. The van der Waals surface area contributed by atoms with Crippen LogP contribution in [0.1, 0.15) is 17.1 Å². The van der Waals surface area contributed by atoms with Crippen LogP contribution in [-0.2, 0) is 17.9 Å². The third-order valence-corrected chi connectivity index (χ3v) is 4.17. The van der Waals surface area contributed by atoms with E-state index in [1.807, 2.05) is 19.1 Å². The average Bonchev–Trinajstić information content (AvgIpc) is 3.29. The Balaban J connectivity index is 1.57. The van der Waals surface area contributed by atoms with Crippen molar-refractivity contribution < 1.29 is 9.13 Å². The van der Waals surface area contributed by atoms with E-state index in [2.05, 4.69) is 25.4 Å². The number of nitrogens with zero attached hydrogens (tertiary/aromatic N) is 6. The maximum absolute atomic E-state index is 14.6. The summed E-state index contributed by atoms with van der Waals surface area (Å²) in [5.74, 6) is 1.61. The van der Waals surface area contributed by atoms with Crippen molar-refractivity contribution >= 4 is 11.6 Å². The molecule has 138 valence electrons. The highest BCUT2D eigenvalue weighted by molar-refractivity contribution is 5.46. The number of halogens is 1. The Morgan fingerprint density at radius 3 is 2.85 bits per heavy atom. The zero-order valence-electron chi connectivity index (χ0n) is 14.9. The van der Waals surface area contributed by atoms with Gasteiger partial charge in [0.2, 0.25) is 0 Å². The van der Waals surface area contributed by atoms with Crippen molar-refractivity contribution in [3.05, 3.63) is 65.9 Å². The molecular formula is C18H18FN7O. The Morgan fingerprint density at radius 2 is 2.11 bits per heavy atom. The Labute approximate surface area is 154 Å². The first-order valence-electron chi connectivity index (χ1n) is 8.37. The second kappa shape index (κ2) is 7.12. The summed E-state index contributed by atoms with van der Waals surface area (Å²) in [5.41, 5.74) is 2.00. The van der Waals surface area contributed by atoms with Crippen LogP contribution in [0.25, 0.3) is 11.5 Å². The van der Waals surface area contributed by atoms with Gasteiger partial charge in [0.15, 0.2) is 0 Å². The van der Waals surface area contributed by atoms with Crippen molar-refractivity contribution in [1.82, 2.24) is 29.1 Å². The first-order chi connectivity index (χ1) is 13.2. The number of imidazole rings is 1. The lowest BCUT2D eigenvalue weighted by molar-refractivity contribution is 0.181. The molecule has 0 saturated carbocycles. The summed E-state index contributed by atoms with van der Waals surface area (Å²) in [4.78, 5) is 12.6. The summed E-state index contributed by atoms with van der Waals surface area (Å²) in [6.07, 6.45) is 4.82. The number of anilines is 1. The standard InChI is InChI=1S/C18H18FN7O/c1-12-20-5-6-25(12)16-4-3-13(7-15(16)19)9-21-17-8-14(10-27-2)24-18-22-11-23-26(17)18/h3-8,11,21H,9-10H2,1-2H3. The molecule has 0 spiro atoms. The Bertz CT molecular complexity index is 1090. The van der Waals surface area contributed by atoms with Crippen molar-refractivity contribution in [2.45, 2.75) is 20.1 Å². The topological polar surface area (TPSA) is 82.2 Å². The fraction of sp³-hybridized carbons (Fsp3) is 0.222. The van der Waals surface area contributed by atoms with Crippen LogP contribution >= 0.6 is 0 Å². The number of benzene rings is 1. The number of nitrogens with one attached hydrogen (secondary N) is 1. The lowest BCUT2D eigenvalue weighted by Crippen LogP contribution is -2.09. The third-order valence-electron chi connectivity index (χ3n) is 4.17. The van der Waals surface area contributed by atoms with Crippen LogP contribution in [0.2, 0.25) is 0 Å². The highest BCUT2D eigenvalue weighted by Crippen LogP contribution is 2.18. The molecule has 0 unspecified atom stereocenters. The van der Waals surface area contributed by atoms with Gasteiger partial charge >= 0.3 is 0 Å². The second-order valence-electron chi connectivity index (χ2n) is 6.02. The van der Waals surface area contributed by atoms with Gasteiger partial charge in [0.1, 0.15) is 23.8 Å². The number of aromatic nitrogens is 6. The van der Waals surface area contributed by atoms with Gasteiger partial charge in [0, 0.05) is 32.1 Å². The molecule has 0 aliphatic heterocycles.